The van der Waals surface area contributed by atoms with E-state index < -0.39 is 0 Å². The molecule has 6 heteroatoms. The largest absolute Gasteiger partial charge is 0.301 e. The molecule has 4 nitrogen and oxygen atoms in total. The Balaban J connectivity index is 1.71. The smallest absolute Gasteiger partial charge is 0.258 e. The highest BCUT2D eigenvalue weighted by Gasteiger charge is 2.28. The van der Waals surface area contributed by atoms with Crippen LogP contribution in [-0.2, 0) is 16.1 Å². The van der Waals surface area contributed by atoms with Crippen LogP contribution in [0.4, 0.5) is 5.69 Å². The van der Waals surface area contributed by atoms with Gasteiger partial charge in [0.05, 0.1) is 5.69 Å². The van der Waals surface area contributed by atoms with Gasteiger partial charge < -0.3 is 4.90 Å². The fourth-order valence-corrected chi connectivity index (χ4v) is 4.21. The lowest BCUT2D eigenvalue weighted by atomic mass is 9.84. The summed E-state index contributed by atoms with van der Waals surface area (Å²) >= 11 is 12.6. The van der Waals surface area contributed by atoms with Crippen molar-refractivity contribution in [1.29, 1.82) is 0 Å². The molecule has 0 fully saturated rings. The van der Waals surface area contributed by atoms with Crippen molar-refractivity contribution < 1.29 is 9.59 Å². The second-order valence-corrected chi connectivity index (χ2v) is 7.49. The summed E-state index contributed by atoms with van der Waals surface area (Å²) in [6, 6.07) is 11.3. The predicted octanol–water partition coefficient (Wildman–Crippen LogP) is 4.00. The molecule has 2 aromatic rings. The summed E-state index contributed by atoms with van der Waals surface area (Å²) in [5.41, 5.74) is 3.88. The van der Waals surface area contributed by atoms with Crippen molar-refractivity contribution in [3.05, 3.63) is 75.3 Å². The van der Waals surface area contributed by atoms with E-state index in [4.69, 9.17) is 23.2 Å². The molecule has 0 saturated heterocycles. The van der Waals surface area contributed by atoms with Crippen molar-refractivity contribution in [3.63, 3.8) is 0 Å². The maximum absolute atomic E-state index is 11.8. The van der Waals surface area contributed by atoms with E-state index in [-0.39, 0.29) is 17.7 Å². The minimum absolute atomic E-state index is 0.122. The van der Waals surface area contributed by atoms with Gasteiger partial charge in [-0.2, -0.15) is 0 Å². The quantitative estimate of drug-likeness (QED) is 0.732. The molecule has 0 N–H and O–H groups in total. The second kappa shape index (κ2) is 6.54. The van der Waals surface area contributed by atoms with Gasteiger partial charge in [0.2, 0.25) is 0 Å². The maximum atomic E-state index is 11.8. The molecule has 2 aliphatic heterocycles. The SMILES string of the molecule is CN1Cc2c(Cl)cc(Cl)cc2[C@H](c2ccc(N3C(=O)C=CC3=O)cc2)C1. The summed E-state index contributed by atoms with van der Waals surface area (Å²) in [6.45, 7) is 1.62. The lowest BCUT2D eigenvalue weighted by molar-refractivity contribution is -0.119. The van der Waals surface area contributed by atoms with E-state index in [0.29, 0.717) is 15.7 Å². The zero-order valence-electron chi connectivity index (χ0n) is 14.1. The Morgan fingerprint density at radius 3 is 2.31 bits per heavy atom. The molecule has 2 heterocycles. The van der Waals surface area contributed by atoms with Gasteiger partial charge in [0.15, 0.2) is 0 Å². The zero-order chi connectivity index (χ0) is 18.4. The first-order valence-corrected chi connectivity index (χ1v) is 9.02. The third-order valence-corrected chi connectivity index (χ3v) is 5.41. The number of benzene rings is 2. The van der Waals surface area contributed by atoms with E-state index >= 15 is 0 Å². The Labute approximate surface area is 161 Å². The first kappa shape index (κ1) is 17.3. The number of halogens is 2. The van der Waals surface area contributed by atoms with E-state index in [1.807, 2.05) is 18.2 Å². The van der Waals surface area contributed by atoms with Crippen LogP contribution in [0.5, 0.6) is 0 Å². The molecular formula is C20H16Cl2N2O2. The summed E-state index contributed by atoms with van der Waals surface area (Å²) < 4.78 is 0. The number of carbonyl (C=O) groups is 2. The summed E-state index contributed by atoms with van der Waals surface area (Å²) in [4.78, 5) is 27.1. The number of nitrogens with zero attached hydrogens (tertiary/aromatic N) is 2. The molecule has 1 atom stereocenters. The van der Waals surface area contributed by atoms with Crippen molar-refractivity contribution in [1.82, 2.24) is 4.90 Å². The van der Waals surface area contributed by atoms with Gasteiger partial charge in [-0.05, 0) is 48.0 Å². The van der Waals surface area contributed by atoms with Crippen LogP contribution in [0.15, 0.2) is 48.6 Å². The van der Waals surface area contributed by atoms with Gasteiger partial charge in [0.25, 0.3) is 11.8 Å². The molecule has 2 amide bonds. The number of imide groups is 1. The van der Waals surface area contributed by atoms with Crippen LogP contribution >= 0.6 is 23.2 Å². The third-order valence-electron chi connectivity index (χ3n) is 4.86. The van der Waals surface area contributed by atoms with Gasteiger partial charge in [0, 0.05) is 41.2 Å². The monoisotopic (exact) mass is 386 g/mol. The Kier molecular flexibility index (Phi) is 4.35. The van der Waals surface area contributed by atoms with Crippen LogP contribution in [0.1, 0.15) is 22.6 Å². The van der Waals surface area contributed by atoms with Crippen LogP contribution < -0.4 is 4.90 Å². The number of anilines is 1. The number of carbonyl (C=O) groups excluding carboxylic acids is 2. The van der Waals surface area contributed by atoms with Gasteiger partial charge in [-0.1, -0.05) is 35.3 Å². The number of rotatable bonds is 2. The van der Waals surface area contributed by atoms with Gasteiger partial charge >= 0.3 is 0 Å². The zero-order valence-corrected chi connectivity index (χ0v) is 15.6. The van der Waals surface area contributed by atoms with Crippen LogP contribution in [0, 0.1) is 0 Å². The van der Waals surface area contributed by atoms with E-state index in [1.165, 1.54) is 17.1 Å². The Hall–Kier alpha value is -2.14. The maximum Gasteiger partial charge on any atom is 0.258 e. The van der Waals surface area contributed by atoms with Crippen molar-refractivity contribution in [2.24, 2.45) is 0 Å². The minimum Gasteiger partial charge on any atom is -0.301 e. The molecule has 0 radical (unpaired) electrons. The number of hydrogen-bond donors (Lipinski definition) is 0. The molecule has 26 heavy (non-hydrogen) atoms. The fourth-order valence-electron chi connectivity index (χ4n) is 3.64. The van der Waals surface area contributed by atoms with Crippen molar-refractivity contribution >= 4 is 40.7 Å². The standard InChI is InChI=1S/C20H16Cl2N2O2/c1-23-10-16(15-8-13(21)9-18(22)17(15)11-23)12-2-4-14(5-3-12)24-19(25)6-7-20(24)26/h2-9,16H,10-11H2,1H3/t16-/m0/s1. The lowest BCUT2D eigenvalue weighted by Crippen LogP contribution is -2.31. The lowest BCUT2D eigenvalue weighted by Gasteiger charge is -2.33. The Morgan fingerprint density at radius 1 is 1.00 bits per heavy atom. The van der Waals surface area contributed by atoms with Crippen molar-refractivity contribution in [3.8, 4) is 0 Å². The summed E-state index contributed by atoms with van der Waals surface area (Å²) in [6.07, 6.45) is 2.57. The van der Waals surface area contributed by atoms with E-state index in [9.17, 15) is 9.59 Å². The normalized spacial score (nSPS) is 20.0. The Bertz CT molecular complexity index is 920. The summed E-state index contributed by atoms with van der Waals surface area (Å²) in [5, 5.41) is 1.30. The highest BCUT2D eigenvalue weighted by molar-refractivity contribution is 6.35. The van der Waals surface area contributed by atoms with Gasteiger partial charge in [-0.15, -0.1) is 0 Å². The molecule has 0 saturated carbocycles. The third kappa shape index (κ3) is 2.94. The average Bonchev–Trinajstić information content (AvgIpc) is 2.94. The number of fused-ring (bicyclic) bond motifs is 1. The molecule has 4 rings (SSSR count). The molecule has 0 aromatic heterocycles. The molecule has 132 valence electrons. The average molecular weight is 387 g/mol. The van der Waals surface area contributed by atoms with Crippen molar-refractivity contribution in [2.45, 2.75) is 12.5 Å². The van der Waals surface area contributed by atoms with Gasteiger partial charge in [-0.25, -0.2) is 4.90 Å². The molecule has 2 aromatic carbocycles. The van der Waals surface area contributed by atoms with E-state index in [2.05, 4.69) is 11.9 Å². The Morgan fingerprint density at radius 2 is 1.65 bits per heavy atom. The van der Waals surface area contributed by atoms with Gasteiger partial charge in [-0.3, -0.25) is 9.59 Å². The van der Waals surface area contributed by atoms with Crippen LogP contribution in [0.3, 0.4) is 0 Å². The summed E-state index contributed by atoms with van der Waals surface area (Å²) in [7, 11) is 2.06. The van der Waals surface area contributed by atoms with E-state index in [1.54, 1.807) is 18.2 Å². The van der Waals surface area contributed by atoms with Crippen LogP contribution in [0.25, 0.3) is 0 Å². The van der Waals surface area contributed by atoms with Crippen LogP contribution in [0.2, 0.25) is 10.0 Å². The summed E-state index contributed by atoms with van der Waals surface area (Å²) in [5.74, 6) is -0.509. The molecule has 2 aliphatic rings. The molecule has 0 spiro atoms. The van der Waals surface area contributed by atoms with Crippen molar-refractivity contribution in [2.75, 3.05) is 18.5 Å². The second-order valence-electron chi connectivity index (χ2n) is 6.64. The number of hydrogen-bond acceptors (Lipinski definition) is 3. The number of likely N-dealkylation sites (N-methyl/N-ethyl adjacent to an activating group) is 1. The minimum atomic E-state index is -0.316. The topological polar surface area (TPSA) is 40.6 Å². The molecule has 0 unspecified atom stereocenters. The predicted molar refractivity (Wildman–Crippen MR) is 103 cm³/mol. The molecular weight excluding hydrogens is 371 g/mol. The van der Waals surface area contributed by atoms with E-state index in [0.717, 1.165) is 29.8 Å². The number of amides is 2. The highest BCUT2D eigenvalue weighted by atomic mass is 35.5. The van der Waals surface area contributed by atoms with Crippen LogP contribution in [-0.4, -0.2) is 30.3 Å². The first-order valence-electron chi connectivity index (χ1n) is 8.26. The molecule has 0 aliphatic carbocycles. The molecule has 0 bridgehead atoms. The highest BCUT2D eigenvalue weighted by Crippen LogP contribution is 2.38. The first-order chi connectivity index (χ1) is 12.4. The fraction of sp³-hybridized carbons (Fsp3) is 0.200. The van der Waals surface area contributed by atoms with Gasteiger partial charge in [0.1, 0.15) is 0 Å².